The molecule has 1 aliphatic carbocycles. The molecule has 1 aromatic rings. The first kappa shape index (κ1) is 9.46. The molecule has 3 atom stereocenters. The maximum atomic E-state index is 13.5. The van der Waals surface area contributed by atoms with Crippen molar-refractivity contribution in [2.45, 2.75) is 36.7 Å². The fourth-order valence-corrected chi connectivity index (χ4v) is 3.15. The van der Waals surface area contributed by atoms with Crippen LogP contribution < -0.4 is 4.74 Å². The second-order valence-corrected chi connectivity index (χ2v) is 4.85. The van der Waals surface area contributed by atoms with Gasteiger partial charge in [-0.25, -0.2) is 4.39 Å². The van der Waals surface area contributed by atoms with E-state index in [1.807, 2.05) is 6.07 Å². The Balaban J connectivity index is 2.07. The molecule has 0 amide bonds. The van der Waals surface area contributed by atoms with Gasteiger partial charge in [0.15, 0.2) is 11.6 Å². The highest BCUT2D eigenvalue weighted by molar-refractivity contribution is 6.21. The van der Waals surface area contributed by atoms with Gasteiger partial charge in [0, 0.05) is 16.9 Å². The zero-order valence-electron chi connectivity index (χ0n) is 8.25. The molecule has 80 valence electrons. The predicted molar refractivity (Wildman–Crippen MR) is 57.0 cm³/mol. The number of hydrogen-bond donors (Lipinski definition) is 0. The molecule has 0 spiro atoms. The number of alkyl halides is 1. The first-order valence-electron chi connectivity index (χ1n) is 5.36. The summed E-state index contributed by atoms with van der Waals surface area (Å²) in [4.78, 5) is 0. The highest BCUT2D eigenvalue weighted by Gasteiger charge is 2.42. The molecule has 1 heterocycles. The zero-order valence-corrected chi connectivity index (χ0v) is 9.01. The molecule has 0 bridgehead atoms. The van der Waals surface area contributed by atoms with Crippen molar-refractivity contribution < 1.29 is 9.13 Å². The Bertz CT molecular complexity index is 393. The Morgan fingerprint density at radius 1 is 1.33 bits per heavy atom. The summed E-state index contributed by atoms with van der Waals surface area (Å²) in [6.45, 7) is 0. The molecule has 1 aromatic carbocycles. The number of halogens is 2. The van der Waals surface area contributed by atoms with Crippen LogP contribution in [0.5, 0.6) is 5.75 Å². The molecule has 15 heavy (non-hydrogen) atoms. The Morgan fingerprint density at radius 2 is 2.20 bits per heavy atom. The minimum absolute atomic E-state index is 0.0896. The molecule has 0 aromatic heterocycles. The molecule has 1 fully saturated rings. The molecule has 2 aliphatic rings. The zero-order chi connectivity index (χ0) is 10.4. The largest absolute Gasteiger partial charge is 0.486 e. The van der Waals surface area contributed by atoms with Crippen LogP contribution in [0.3, 0.4) is 0 Å². The second-order valence-electron chi connectivity index (χ2n) is 4.29. The SMILES string of the molecule is Fc1cccc2c1O[C@H]1CCCC(Cl)C21. The van der Waals surface area contributed by atoms with E-state index in [0.717, 1.165) is 24.8 Å². The third-order valence-corrected chi connectivity index (χ3v) is 3.87. The fraction of sp³-hybridized carbons (Fsp3) is 0.500. The molecule has 1 saturated carbocycles. The molecular weight excluding hydrogens is 215 g/mol. The van der Waals surface area contributed by atoms with Gasteiger partial charge in [-0.1, -0.05) is 12.1 Å². The Morgan fingerprint density at radius 3 is 3.07 bits per heavy atom. The van der Waals surface area contributed by atoms with E-state index in [9.17, 15) is 4.39 Å². The van der Waals surface area contributed by atoms with Crippen LogP contribution in [-0.2, 0) is 0 Å². The topological polar surface area (TPSA) is 9.23 Å². The fourth-order valence-electron chi connectivity index (χ4n) is 2.70. The molecule has 2 unspecified atom stereocenters. The van der Waals surface area contributed by atoms with E-state index in [2.05, 4.69) is 0 Å². The summed E-state index contributed by atoms with van der Waals surface area (Å²) in [5.74, 6) is 0.358. The van der Waals surface area contributed by atoms with Crippen molar-refractivity contribution in [2.24, 2.45) is 0 Å². The number of ether oxygens (including phenoxy) is 1. The molecule has 3 rings (SSSR count). The normalized spacial score (nSPS) is 33.1. The van der Waals surface area contributed by atoms with Crippen LogP contribution >= 0.6 is 11.6 Å². The number of benzene rings is 1. The monoisotopic (exact) mass is 226 g/mol. The number of rotatable bonds is 0. The summed E-state index contributed by atoms with van der Waals surface area (Å²) in [7, 11) is 0. The molecule has 0 N–H and O–H groups in total. The third kappa shape index (κ3) is 1.35. The average molecular weight is 227 g/mol. The minimum Gasteiger partial charge on any atom is -0.486 e. The van der Waals surface area contributed by atoms with Gasteiger partial charge in [0.2, 0.25) is 0 Å². The van der Waals surface area contributed by atoms with E-state index >= 15 is 0 Å². The van der Waals surface area contributed by atoms with E-state index in [1.165, 1.54) is 6.07 Å². The van der Waals surface area contributed by atoms with E-state index in [0.29, 0.717) is 5.75 Å². The number of para-hydroxylation sites is 1. The van der Waals surface area contributed by atoms with Crippen LogP contribution in [0.15, 0.2) is 18.2 Å². The van der Waals surface area contributed by atoms with Gasteiger partial charge in [-0.2, -0.15) is 0 Å². The average Bonchev–Trinajstić information content (AvgIpc) is 2.59. The maximum Gasteiger partial charge on any atom is 0.165 e. The van der Waals surface area contributed by atoms with Crippen LogP contribution in [0.2, 0.25) is 0 Å². The number of hydrogen-bond acceptors (Lipinski definition) is 1. The second kappa shape index (κ2) is 3.38. The third-order valence-electron chi connectivity index (χ3n) is 3.38. The van der Waals surface area contributed by atoms with Crippen molar-refractivity contribution in [3.63, 3.8) is 0 Å². The lowest BCUT2D eigenvalue weighted by Crippen LogP contribution is -2.30. The van der Waals surface area contributed by atoms with E-state index in [1.54, 1.807) is 6.07 Å². The first-order chi connectivity index (χ1) is 7.27. The highest BCUT2D eigenvalue weighted by atomic mass is 35.5. The van der Waals surface area contributed by atoms with Crippen molar-refractivity contribution in [2.75, 3.05) is 0 Å². The van der Waals surface area contributed by atoms with Crippen molar-refractivity contribution in [1.82, 2.24) is 0 Å². The maximum absolute atomic E-state index is 13.5. The minimum atomic E-state index is -0.259. The summed E-state index contributed by atoms with van der Waals surface area (Å²) in [6.07, 6.45) is 3.16. The van der Waals surface area contributed by atoms with Crippen LogP contribution in [0.4, 0.5) is 4.39 Å². The van der Waals surface area contributed by atoms with Gasteiger partial charge < -0.3 is 4.74 Å². The van der Waals surface area contributed by atoms with Crippen molar-refractivity contribution in [1.29, 1.82) is 0 Å². The van der Waals surface area contributed by atoms with Crippen LogP contribution in [-0.4, -0.2) is 11.5 Å². The van der Waals surface area contributed by atoms with Gasteiger partial charge in [0.25, 0.3) is 0 Å². The van der Waals surface area contributed by atoms with Gasteiger partial charge in [-0.15, -0.1) is 11.6 Å². The summed E-state index contributed by atoms with van der Waals surface area (Å²) >= 11 is 6.30. The molecule has 1 nitrogen and oxygen atoms in total. The van der Waals surface area contributed by atoms with Crippen LogP contribution in [0.25, 0.3) is 0 Å². The lowest BCUT2D eigenvalue weighted by atomic mass is 9.83. The standard InChI is InChI=1S/C12H12ClFO/c13-8-4-2-6-10-11(8)7-3-1-5-9(14)12(7)15-10/h1,3,5,8,10-11H,2,4,6H2/t8?,10-,11?/m0/s1. The lowest BCUT2D eigenvalue weighted by molar-refractivity contribution is 0.161. The van der Waals surface area contributed by atoms with Crippen LogP contribution in [0, 0.1) is 5.82 Å². The van der Waals surface area contributed by atoms with E-state index in [-0.39, 0.29) is 23.2 Å². The molecule has 3 heteroatoms. The van der Waals surface area contributed by atoms with E-state index < -0.39 is 0 Å². The van der Waals surface area contributed by atoms with Gasteiger partial charge in [-0.05, 0) is 25.3 Å². The summed E-state index contributed by atoms with van der Waals surface area (Å²) in [5.41, 5.74) is 0.958. The first-order valence-corrected chi connectivity index (χ1v) is 5.80. The number of fused-ring (bicyclic) bond motifs is 3. The summed E-state index contributed by atoms with van der Waals surface area (Å²) < 4.78 is 19.1. The van der Waals surface area contributed by atoms with Crippen molar-refractivity contribution in [3.05, 3.63) is 29.6 Å². The molecular formula is C12H12ClFO. The quantitative estimate of drug-likeness (QED) is 0.616. The highest BCUT2D eigenvalue weighted by Crippen LogP contribution is 2.48. The molecule has 0 radical (unpaired) electrons. The molecule has 1 aliphatic heterocycles. The molecule has 0 saturated heterocycles. The van der Waals surface area contributed by atoms with Crippen molar-refractivity contribution >= 4 is 11.6 Å². The van der Waals surface area contributed by atoms with Gasteiger partial charge in [0.1, 0.15) is 6.10 Å². The summed E-state index contributed by atoms with van der Waals surface area (Å²) in [5, 5.41) is 0.0896. The smallest absolute Gasteiger partial charge is 0.165 e. The Kier molecular flexibility index (Phi) is 2.13. The Labute approximate surface area is 93.2 Å². The van der Waals surface area contributed by atoms with Crippen molar-refractivity contribution in [3.8, 4) is 5.75 Å². The van der Waals surface area contributed by atoms with Gasteiger partial charge >= 0.3 is 0 Å². The van der Waals surface area contributed by atoms with E-state index in [4.69, 9.17) is 16.3 Å². The predicted octanol–water partition coefficient (Wildman–Crippen LogP) is 3.46. The van der Waals surface area contributed by atoms with Gasteiger partial charge in [0.05, 0.1) is 0 Å². The van der Waals surface area contributed by atoms with Gasteiger partial charge in [-0.3, -0.25) is 0 Å². The van der Waals surface area contributed by atoms with Crippen LogP contribution in [0.1, 0.15) is 30.7 Å². The lowest BCUT2D eigenvalue weighted by Gasteiger charge is -2.28. The Hall–Kier alpha value is -0.760. The summed E-state index contributed by atoms with van der Waals surface area (Å²) in [6, 6.07) is 5.11.